The molecule has 0 bridgehead atoms. The number of rotatable bonds is 2. The molecule has 13 heavy (non-hydrogen) atoms. The van der Waals surface area contributed by atoms with Gasteiger partial charge in [-0.2, -0.15) is 0 Å². The highest BCUT2D eigenvalue weighted by molar-refractivity contribution is 6.25. The average molecular weight is 192 g/mol. The van der Waals surface area contributed by atoms with E-state index < -0.39 is 0 Å². The van der Waals surface area contributed by atoms with Crippen molar-refractivity contribution in [3.05, 3.63) is 48.1 Å². The van der Waals surface area contributed by atoms with Crippen LogP contribution < -0.4 is 0 Å². The van der Waals surface area contributed by atoms with Crippen LogP contribution in [-0.4, -0.2) is 4.57 Å². The molecule has 0 aliphatic carbocycles. The molecule has 0 aliphatic rings. The maximum atomic E-state index is 5.48. The van der Waals surface area contributed by atoms with Crippen molar-refractivity contribution in [2.45, 2.75) is 6.54 Å². The van der Waals surface area contributed by atoms with Gasteiger partial charge in [0.25, 0.3) is 0 Å². The van der Waals surface area contributed by atoms with E-state index in [1.54, 1.807) is 5.54 Å². The normalized spacial score (nSPS) is 11.5. The van der Waals surface area contributed by atoms with E-state index >= 15 is 0 Å². The second kappa shape index (κ2) is 3.67. The average Bonchev–Trinajstić information content (AvgIpc) is 2.58. The molecule has 1 heterocycles. The Bertz CT molecular complexity index is 428. The van der Waals surface area contributed by atoms with Crippen LogP contribution in [0.1, 0.15) is 0 Å². The van der Waals surface area contributed by atoms with Gasteiger partial charge in [0, 0.05) is 23.8 Å². The van der Waals surface area contributed by atoms with Gasteiger partial charge in [0.05, 0.1) is 0 Å². The minimum Gasteiger partial charge on any atom is -0.344 e. The molecule has 1 nitrogen and oxygen atoms in total. The topological polar surface area (TPSA) is 4.93 Å². The van der Waals surface area contributed by atoms with Crippen LogP contribution in [0.4, 0.5) is 0 Å². The van der Waals surface area contributed by atoms with Gasteiger partial charge >= 0.3 is 0 Å². The Kier molecular flexibility index (Phi) is 2.37. The van der Waals surface area contributed by atoms with Gasteiger partial charge in [-0.05, 0) is 17.5 Å². The Balaban J connectivity index is 2.45. The lowest BCUT2D eigenvalue weighted by molar-refractivity contribution is 0.865. The third-order valence-corrected chi connectivity index (χ3v) is 2.25. The molecular formula is C11H10ClN. The first-order valence-corrected chi connectivity index (χ1v) is 4.64. The zero-order chi connectivity index (χ0) is 9.10. The summed E-state index contributed by atoms with van der Waals surface area (Å²) in [5, 5.41) is 1.27. The lowest BCUT2D eigenvalue weighted by atomic mass is 10.2. The first-order valence-electron chi connectivity index (χ1n) is 4.21. The molecule has 0 spiro atoms. The fourth-order valence-electron chi connectivity index (χ4n) is 1.45. The van der Waals surface area contributed by atoms with Gasteiger partial charge in [-0.25, -0.2) is 0 Å². The van der Waals surface area contributed by atoms with Crippen LogP contribution in [0.5, 0.6) is 0 Å². The molecule has 0 fully saturated rings. The van der Waals surface area contributed by atoms with Crippen molar-refractivity contribution in [2.75, 3.05) is 0 Å². The van der Waals surface area contributed by atoms with Gasteiger partial charge in [0.15, 0.2) is 0 Å². The summed E-state index contributed by atoms with van der Waals surface area (Å²) in [6.07, 6.45) is 4.00. The summed E-state index contributed by atoms with van der Waals surface area (Å²) in [6, 6.07) is 10.4. The van der Waals surface area contributed by atoms with Crippen molar-refractivity contribution in [3.8, 4) is 0 Å². The number of hydrogen-bond donors (Lipinski definition) is 0. The number of benzene rings is 1. The first-order chi connectivity index (χ1) is 6.42. The van der Waals surface area contributed by atoms with Gasteiger partial charge in [0.1, 0.15) is 0 Å². The van der Waals surface area contributed by atoms with Crippen LogP contribution in [0.25, 0.3) is 10.9 Å². The van der Waals surface area contributed by atoms with Crippen LogP contribution in [0.3, 0.4) is 0 Å². The number of aromatic nitrogens is 1. The highest BCUT2D eigenvalue weighted by Gasteiger charge is 1.96. The number of nitrogens with zero attached hydrogens (tertiary/aromatic N) is 1. The van der Waals surface area contributed by atoms with Crippen LogP contribution in [0, 0.1) is 0 Å². The van der Waals surface area contributed by atoms with Crippen molar-refractivity contribution >= 4 is 22.5 Å². The minimum atomic E-state index is 0.830. The van der Waals surface area contributed by atoms with Gasteiger partial charge in [-0.3, -0.25) is 0 Å². The molecule has 0 N–H and O–H groups in total. The minimum absolute atomic E-state index is 0.830. The second-order valence-corrected chi connectivity index (χ2v) is 3.14. The Labute approximate surface area is 82.2 Å². The zero-order valence-electron chi connectivity index (χ0n) is 7.15. The van der Waals surface area contributed by atoms with Crippen molar-refractivity contribution in [1.29, 1.82) is 0 Å². The van der Waals surface area contributed by atoms with Crippen molar-refractivity contribution in [2.24, 2.45) is 0 Å². The molecule has 0 amide bonds. The van der Waals surface area contributed by atoms with Crippen LogP contribution in [-0.2, 0) is 6.54 Å². The lowest BCUT2D eigenvalue weighted by Crippen LogP contribution is -1.91. The molecule has 0 saturated heterocycles. The molecular weight excluding hydrogens is 182 g/mol. The maximum absolute atomic E-state index is 5.48. The Morgan fingerprint density at radius 3 is 2.92 bits per heavy atom. The van der Waals surface area contributed by atoms with E-state index in [9.17, 15) is 0 Å². The van der Waals surface area contributed by atoms with Crippen LogP contribution >= 0.6 is 11.6 Å². The van der Waals surface area contributed by atoms with Crippen LogP contribution in [0.15, 0.2) is 48.1 Å². The van der Waals surface area contributed by atoms with Gasteiger partial charge < -0.3 is 4.57 Å². The van der Waals surface area contributed by atoms with E-state index in [1.807, 2.05) is 18.2 Å². The Hall–Kier alpha value is -1.21. The molecule has 2 rings (SSSR count). The second-order valence-electron chi connectivity index (χ2n) is 2.89. The zero-order valence-corrected chi connectivity index (χ0v) is 7.91. The molecule has 1 aromatic heterocycles. The van der Waals surface area contributed by atoms with Crippen molar-refractivity contribution in [3.63, 3.8) is 0 Å². The molecule has 0 saturated carbocycles. The molecule has 0 atom stereocenters. The third kappa shape index (κ3) is 1.61. The third-order valence-electron chi connectivity index (χ3n) is 2.07. The highest BCUT2D eigenvalue weighted by Crippen LogP contribution is 2.14. The Morgan fingerprint density at radius 2 is 2.08 bits per heavy atom. The number of allylic oxidation sites excluding steroid dienone is 1. The van der Waals surface area contributed by atoms with E-state index in [0.29, 0.717) is 0 Å². The SMILES string of the molecule is ClC=CCn1ccc2ccccc21. The van der Waals surface area contributed by atoms with E-state index in [-0.39, 0.29) is 0 Å². The van der Waals surface area contributed by atoms with Crippen molar-refractivity contribution < 1.29 is 0 Å². The molecule has 0 unspecified atom stereocenters. The van der Waals surface area contributed by atoms with Crippen molar-refractivity contribution in [1.82, 2.24) is 4.57 Å². The molecule has 1 aromatic carbocycles. The van der Waals surface area contributed by atoms with E-state index in [1.165, 1.54) is 10.9 Å². The molecule has 0 radical (unpaired) electrons. The molecule has 66 valence electrons. The largest absolute Gasteiger partial charge is 0.344 e. The smallest absolute Gasteiger partial charge is 0.0483 e. The quantitative estimate of drug-likeness (QED) is 0.686. The fraction of sp³-hybridized carbons (Fsp3) is 0.0909. The monoisotopic (exact) mass is 191 g/mol. The fourth-order valence-corrected chi connectivity index (χ4v) is 1.53. The standard InChI is InChI=1S/C11H10ClN/c12-7-3-8-13-9-6-10-4-1-2-5-11(10)13/h1-7,9H,8H2. The number of para-hydroxylation sites is 1. The number of fused-ring (bicyclic) bond motifs is 1. The van der Waals surface area contributed by atoms with E-state index in [2.05, 4.69) is 29.0 Å². The molecule has 2 aromatic rings. The summed E-state index contributed by atoms with van der Waals surface area (Å²) in [5.41, 5.74) is 2.80. The van der Waals surface area contributed by atoms with Gasteiger partial charge in [-0.15, -0.1) is 0 Å². The summed E-state index contributed by atoms with van der Waals surface area (Å²) in [5.74, 6) is 0. The predicted molar refractivity (Wildman–Crippen MR) is 56.9 cm³/mol. The van der Waals surface area contributed by atoms with Crippen LogP contribution in [0.2, 0.25) is 0 Å². The maximum Gasteiger partial charge on any atom is 0.0483 e. The van der Waals surface area contributed by atoms with Gasteiger partial charge in [-0.1, -0.05) is 35.9 Å². The summed E-state index contributed by atoms with van der Waals surface area (Å²) < 4.78 is 2.16. The van der Waals surface area contributed by atoms with E-state index in [0.717, 1.165) is 6.54 Å². The highest BCUT2D eigenvalue weighted by atomic mass is 35.5. The summed E-state index contributed by atoms with van der Waals surface area (Å²) >= 11 is 5.48. The van der Waals surface area contributed by atoms with E-state index in [4.69, 9.17) is 11.6 Å². The predicted octanol–water partition coefficient (Wildman–Crippen LogP) is 3.39. The molecule has 0 aliphatic heterocycles. The number of halogens is 1. The molecule has 2 heteroatoms. The Morgan fingerprint density at radius 1 is 1.23 bits per heavy atom. The lowest BCUT2D eigenvalue weighted by Gasteiger charge is -1.99. The summed E-state index contributed by atoms with van der Waals surface area (Å²) in [7, 11) is 0. The first kappa shape index (κ1) is 8.39. The van der Waals surface area contributed by atoms with Gasteiger partial charge in [0.2, 0.25) is 0 Å². The summed E-state index contributed by atoms with van der Waals surface area (Å²) in [4.78, 5) is 0. The number of hydrogen-bond acceptors (Lipinski definition) is 0. The summed E-state index contributed by atoms with van der Waals surface area (Å²) in [6.45, 7) is 0.830.